The molecule has 0 aliphatic heterocycles. The van der Waals surface area contributed by atoms with Crippen molar-refractivity contribution in [3.8, 4) is 0 Å². The first-order valence-corrected chi connectivity index (χ1v) is 6.28. The number of hydrogen-bond acceptors (Lipinski definition) is 5. The quantitative estimate of drug-likeness (QED) is 0.684. The van der Waals surface area contributed by atoms with Crippen molar-refractivity contribution in [3.63, 3.8) is 0 Å². The smallest absolute Gasteiger partial charge is 0.303 e. The second-order valence-corrected chi connectivity index (χ2v) is 4.25. The third-order valence-corrected chi connectivity index (χ3v) is 2.84. The summed E-state index contributed by atoms with van der Waals surface area (Å²) in [6.45, 7) is 2.86. The zero-order chi connectivity index (χ0) is 11.8. The van der Waals surface area contributed by atoms with E-state index in [-0.39, 0.29) is 6.42 Å². The number of nitrogens with one attached hydrogen (secondary N) is 1. The molecule has 90 valence electrons. The number of carboxylic acids is 1. The molecule has 1 rings (SSSR count). The van der Waals surface area contributed by atoms with Crippen LogP contribution in [0.4, 0.5) is 5.13 Å². The second-order valence-electron chi connectivity index (χ2n) is 3.50. The van der Waals surface area contributed by atoms with Gasteiger partial charge >= 0.3 is 5.97 Å². The number of aromatic nitrogens is 2. The minimum atomic E-state index is -0.718. The van der Waals surface area contributed by atoms with E-state index < -0.39 is 5.97 Å². The van der Waals surface area contributed by atoms with Gasteiger partial charge in [0.2, 0.25) is 5.13 Å². The van der Waals surface area contributed by atoms with Crippen molar-refractivity contribution < 1.29 is 9.90 Å². The van der Waals surface area contributed by atoms with E-state index in [4.69, 9.17) is 5.11 Å². The van der Waals surface area contributed by atoms with Gasteiger partial charge in [-0.3, -0.25) is 4.79 Å². The Kier molecular flexibility index (Phi) is 5.77. The summed E-state index contributed by atoms with van der Waals surface area (Å²) in [6.07, 6.45) is 3.76. The van der Waals surface area contributed by atoms with Crippen LogP contribution in [0.2, 0.25) is 0 Å². The van der Waals surface area contributed by atoms with Gasteiger partial charge < -0.3 is 10.4 Å². The zero-order valence-electron chi connectivity index (χ0n) is 9.40. The van der Waals surface area contributed by atoms with E-state index in [1.54, 1.807) is 0 Å². The number of rotatable bonds is 8. The van der Waals surface area contributed by atoms with Gasteiger partial charge in [-0.05, 0) is 12.8 Å². The number of aryl methyl sites for hydroxylation is 1. The van der Waals surface area contributed by atoms with E-state index in [0.717, 1.165) is 43.2 Å². The topological polar surface area (TPSA) is 75.1 Å². The van der Waals surface area contributed by atoms with Gasteiger partial charge in [-0.1, -0.05) is 13.3 Å². The Morgan fingerprint density at radius 3 is 2.88 bits per heavy atom. The lowest BCUT2D eigenvalue weighted by molar-refractivity contribution is -0.137. The number of nitrogens with zero attached hydrogens (tertiary/aromatic N) is 2. The molecule has 1 heterocycles. The van der Waals surface area contributed by atoms with E-state index in [0.29, 0.717) is 0 Å². The molecule has 2 N–H and O–H groups in total. The number of carboxylic acid groups (broad SMARTS) is 1. The van der Waals surface area contributed by atoms with Crippen molar-refractivity contribution in [2.75, 3.05) is 11.9 Å². The number of anilines is 1. The number of hydrogen-bond donors (Lipinski definition) is 2. The van der Waals surface area contributed by atoms with Crippen LogP contribution in [0, 0.1) is 0 Å². The molecule has 6 heteroatoms. The van der Waals surface area contributed by atoms with Crippen LogP contribution in [-0.4, -0.2) is 27.0 Å². The minimum Gasteiger partial charge on any atom is -0.481 e. The molecule has 0 aromatic carbocycles. The standard InChI is InChI=1S/C10H17N3O2S/c1-2-8-12-10(16-13-8)11-7-5-3-4-6-9(14)15/h2-7H2,1H3,(H,14,15)(H,11,12,13). The molecule has 0 saturated carbocycles. The maximum absolute atomic E-state index is 10.3. The summed E-state index contributed by atoms with van der Waals surface area (Å²) < 4.78 is 4.16. The summed E-state index contributed by atoms with van der Waals surface area (Å²) in [5.41, 5.74) is 0. The molecular formula is C10H17N3O2S. The highest BCUT2D eigenvalue weighted by Crippen LogP contribution is 2.11. The van der Waals surface area contributed by atoms with Crippen LogP contribution in [0.15, 0.2) is 0 Å². The van der Waals surface area contributed by atoms with Crippen LogP contribution in [0.3, 0.4) is 0 Å². The average molecular weight is 243 g/mol. The average Bonchev–Trinajstić information content (AvgIpc) is 2.70. The third kappa shape index (κ3) is 5.06. The first-order chi connectivity index (χ1) is 7.72. The SMILES string of the molecule is CCc1nsc(NCCCCCC(=O)O)n1. The van der Waals surface area contributed by atoms with E-state index in [9.17, 15) is 4.79 Å². The van der Waals surface area contributed by atoms with Gasteiger partial charge in [0.15, 0.2) is 0 Å². The number of carbonyl (C=O) groups is 1. The summed E-state index contributed by atoms with van der Waals surface area (Å²) in [5.74, 6) is 0.156. The van der Waals surface area contributed by atoms with Crippen molar-refractivity contribution in [2.24, 2.45) is 0 Å². The normalized spacial score (nSPS) is 10.3. The molecule has 0 spiro atoms. The van der Waals surface area contributed by atoms with E-state index in [1.165, 1.54) is 11.5 Å². The predicted molar refractivity (Wildman–Crippen MR) is 63.9 cm³/mol. The Labute approximate surface area is 99.1 Å². The van der Waals surface area contributed by atoms with Crippen molar-refractivity contribution in [3.05, 3.63) is 5.82 Å². The molecular weight excluding hydrogens is 226 g/mol. The lowest BCUT2D eigenvalue weighted by Gasteiger charge is -2.00. The van der Waals surface area contributed by atoms with Crippen LogP contribution in [0.5, 0.6) is 0 Å². The fourth-order valence-corrected chi connectivity index (χ4v) is 1.92. The molecule has 0 bridgehead atoms. The van der Waals surface area contributed by atoms with Gasteiger partial charge in [0.25, 0.3) is 0 Å². The summed E-state index contributed by atoms with van der Waals surface area (Å²) >= 11 is 1.38. The summed E-state index contributed by atoms with van der Waals surface area (Å²) in [4.78, 5) is 14.5. The first-order valence-electron chi connectivity index (χ1n) is 5.50. The molecule has 0 atom stereocenters. The van der Waals surface area contributed by atoms with Crippen molar-refractivity contribution in [2.45, 2.75) is 39.0 Å². The van der Waals surface area contributed by atoms with Crippen molar-refractivity contribution >= 4 is 22.6 Å². The first kappa shape index (κ1) is 12.9. The Hall–Kier alpha value is -1.17. The van der Waals surface area contributed by atoms with Crippen LogP contribution in [0.1, 0.15) is 38.4 Å². The fourth-order valence-electron chi connectivity index (χ4n) is 1.24. The lowest BCUT2D eigenvalue weighted by atomic mass is 10.2. The molecule has 0 aliphatic carbocycles. The van der Waals surface area contributed by atoms with Gasteiger partial charge in [-0.25, -0.2) is 4.98 Å². The summed E-state index contributed by atoms with van der Waals surface area (Å²) in [6, 6.07) is 0. The molecule has 16 heavy (non-hydrogen) atoms. The van der Waals surface area contributed by atoms with Crippen LogP contribution >= 0.6 is 11.5 Å². The Bertz CT molecular complexity index is 328. The van der Waals surface area contributed by atoms with Crippen LogP contribution in [0.25, 0.3) is 0 Å². The lowest BCUT2D eigenvalue weighted by Crippen LogP contribution is -2.02. The summed E-state index contributed by atoms with van der Waals surface area (Å²) in [7, 11) is 0. The van der Waals surface area contributed by atoms with Crippen molar-refractivity contribution in [1.82, 2.24) is 9.36 Å². The molecule has 0 unspecified atom stereocenters. The maximum atomic E-state index is 10.3. The van der Waals surface area contributed by atoms with Crippen molar-refractivity contribution in [1.29, 1.82) is 0 Å². The highest BCUT2D eigenvalue weighted by atomic mass is 32.1. The number of unbranched alkanes of at least 4 members (excludes halogenated alkanes) is 2. The van der Waals surface area contributed by atoms with Gasteiger partial charge in [0, 0.05) is 30.9 Å². The van der Waals surface area contributed by atoms with E-state index in [2.05, 4.69) is 14.7 Å². The fraction of sp³-hybridized carbons (Fsp3) is 0.700. The maximum Gasteiger partial charge on any atom is 0.303 e. The highest BCUT2D eigenvalue weighted by Gasteiger charge is 2.01. The largest absolute Gasteiger partial charge is 0.481 e. The molecule has 0 aliphatic rings. The van der Waals surface area contributed by atoms with E-state index in [1.807, 2.05) is 6.92 Å². The molecule has 0 amide bonds. The Morgan fingerprint density at radius 1 is 1.44 bits per heavy atom. The second kappa shape index (κ2) is 7.16. The Morgan fingerprint density at radius 2 is 2.25 bits per heavy atom. The summed E-state index contributed by atoms with van der Waals surface area (Å²) in [5, 5.41) is 12.5. The third-order valence-electron chi connectivity index (χ3n) is 2.13. The molecule has 5 nitrogen and oxygen atoms in total. The van der Waals surface area contributed by atoms with Gasteiger partial charge in [-0.2, -0.15) is 4.37 Å². The highest BCUT2D eigenvalue weighted by molar-refractivity contribution is 7.09. The van der Waals surface area contributed by atoms with Gasteiger partial charge in [0.05, 0.1) is 0 Å². The van der Waals surface area contributed by atoms with Gasteiger partial charge in [-0.15, -0.1) is 0 Å². The monoisotopic (exact) mass is 243 g/mol. The molecule has 0 fully saturated rings. The molecule has 0 saturated heterocycles. The minimum absolute atomic E-state index is 0.263. The van der Waals surface area contributed by atoms with Crippen LogP contribution < -0.4 is 5.32 Å². The Balaban J connectivity index is 2.04. The zero-order valence-corrected chi connectivity index (χ0v) is 10.2. The van der Waals surface area contributed by atoms with Crippen LogP contribution in [-0.2, 0) is 11.2 Å². The molecule has 0 radical (unpaired) electrons. The molecule has 1 aromatic rings. The molecule has 1 aromatic heterocycles. The predicted octanol–water partition coefficient (Wildman–Crippen LogP) is 2.16. The van der Waals surface area contributed by atoms with E-state index >= 15 is 0 Å². The number of aliphatic carboxylic acids is 1. The van der Waals surface area contributed by atoms with Gasteiger partial charge in [0.1, 0.15) is 5.82 Å².